The average molecular weight is 749 g/mol. The summed E-state index contributed by atoms with van der Waals surface area (Å²) in [5.74, 6) is 0. The molecule has 0 fully saturated rings. The molecule has 18 heteroatoms. The predicted octanol–water partition coefficient (Wildman–Crippen LogP) is 10.8. The number of unbranched alkanes of at least 4 members (excludes halogenated alkanes) is 15. The van der Waals surface area contributed by atoms with Crippen LogP contribution in [0.25, 0.3) is 4.13 Å². The number of hydrogen-bond acceptors (Lipinski definition) is 4. The molecule has 0 rings (SSSR count). The molecule has 47 heavy (non-hydrogen) atoms. The van der Waals surface area contributed by atoms with Crippen molar-refractivity contribution in [2.75, 3.05) is 26.7 Å². The molecule has 0 unspecified atom stereocenters. The molecule has 0 aliphatic heterocycles. The molecule has 0 aromatic heterocycles. The van der Waals surface area contributed by atoms with Gasteiger partial charge in [0.1, 0.15) is 0 Å². The van der Waals surface area contributed by atoms with E-state index in [-0.39, 0.29) is 0 Å². The van der Waals surface area contributed by atoms with Gasteiger partial charge in [-0.05, 0) is 38.5 Å². The van der Waals surface area contributed by atoms with Gasteiger partial charge in [-0.3, -0.25) is 0 Å². The summed E-state index contributed by atoms with van der Waals surface area (Å²) < 4.78 is 162. The molecule has 0 aliphatic rings. The minimum Gasteiger partial charge on any atom is -0.425 e. The van der Waals surface area contributed by atoms with Gasteiger partial charge in [-0.2, -0.15) is 43.9 Å². The van der Waals surface area contributed by atoms with E-state index in [4.69, 9.17) is 0 Å². The lowest BCUT2D eigenvalue weighted by Gasteiger charge is -2.35. The molecule has 0 heterocycles. The maximum atomic E-state index is 12.3. The lowest BCUT2D eigenvalue weighted by atomic mass is 10.1. The minimum atomic E-state index is -7.62. The molecule has 0 N–H and O–H groups in total. The van der Waals surface area contributed by atoms with Crippen molar-refractivity contribution in [2.45, 2.75) is 159 Å². The SMILES string of the molecule is CCCCCCCC[N+](C)(CCCCCCCC)CCCCCCCC.O=S(=O)([N-]S(=O)(=O)C(F)(F)C(F)(F)F)C(F)(F)C(F)(F)F. The first-order valence-corrected chi connectivity index (χ1v) is 19.2. The van der Waals surface area contributed by atoms with Gasteiger partial charge in [-0.1, -0.05) is 97.8 Å². The van der Waals surface area contributed by atoms with Crippen LogP contribution in [-0.2, 0) is 20.0 Å². The summed E-state index contributed by atoms with van der Waals surface area (Å²) >= 11 is 0. The number of nitrogens with zero attached hydrogens (tertiary/aromatic N) is 2. The van der Waals surface area contributed by atoms with Gasteiger partial charge in [-0.15, -0.1) is 0 Å². The number of alkyl halides is 10. The minimum absolute atomic E-state index is 0.422. The Morgan fingerprint density at radius 2 is 0.638 bits per heavy atom. The molecule has 0 saturated carbocycles. The zero-order valence-electron chi connectivity index (χ0n) is 28.0. The Labute approximate surface area is 275 Å². The Morgan fingerprint density at radius 3 is 0.851 bits per heavy atom. The number of rotatable bonds is 25. The monoisotopic (exact) mass is 748 g/mol. The van der Waals surface area contributed by atoms with Gasteiger partial charge in [0.2, 0.25) is 0 Å². The molecule has 0 radical (unpaired) electrons. The quantitative estimate of drug-likeness (QED) is 0.0529. The normalized spacial score (nSPS) is 13.8. The van der Waals surface area contributed by atoms with Gasteiger partial charge >= 0.3 is 22.9 Å². The van der Waals surface area contributed by atoms with Gasteiger partial charge in [0.05, 0.1) is 26.7 Å². The van der Waals surface area contributed by atoms with Crippen LogP contribution >= 0.6 is 0 Å². The van der Waals surface area contributed by atoms with E-state index in [9.17, 15) is 60.7 Å². The first-order valence-electron chi connectivity index (χ1n) is 16.3. The maximum Gasteiger partial charge on any atom is 0.467 e. The molecule has 6 nitrogen and oxygen atoms in total. The van der Waals surface area contributed by atoms with Crippen LogP contribution in [0, 0.1) is 0 Å². The highest BCUT2D eigenvalue weighted by molar-refractivity contribution is 8.13. The van der Waals surface area contributed by atoms with Crippen molar-refractivity contribution in [3.8, 4) is 0 Å². The first kappa shape index (κ1) is 48.2. The Hall–Kier alpha value is -0.880. The standard InChI is InChI=1S/C25H54N.C4F10NO4S2/c1-5-8-11-14-17-20-23-26(4,24-21-18-15-12-9-6-2)25-22-19-16-13-10-7-3;5-1(6,7)3(11,12)20(16,17)15-21(18,19)4(13,14)2(8,9)10/h5-25H2,1-4H3;/q+1;-1. The Morgan fingerprint density at radius 1 is 0.426 bits per heavy atom. The number of halogens is 10. The van der Waals surface area contributed by atoms with Crippen LogP contribution in [0.5, 0.6) is 0 Å². The van der Waals surface area contributed by atoms with Gasteiger partial charge in [-0.25, -0.2) is 16.8 Å². The second kappa shape index (κ2) is 22.0. The van der Waals surface area contributed by atoms with E-state index in [2.05, 4.69) is 27.8 Å². The van der Waals surface area contributed by atoms with E-state index in [1.165, 1.54) is 140 Å². The fraction of sp³-hybridized carbons (Fsp3) is 1.00. The molecule has 0 aromatic rings. The molecule has 0 amide bonds. The van der Waals surface area contributed by atoms with Gasteiger partial charge < -0.3 is 8.61 Å². The molecule has 0 bridgehead atoms. The highest BCUT2D eigenvalue weighted by atomic mass is 32.3. The van der Waals surface area contributed by atoms with Crippen LogP contribution in [0.4, 0.5) is 43.9 Å². The lowest BCUT2D eigenvalue weighted by Crippen LogP contribution is -2.48. The fourth-order valence-electron chi connectivity index (χ4n) is 4.67. The topological polar surface area (TPSA) is 82.4 Å². The van der Waals surface area contributed by atoms with Gasteiger partial charge in [0.25, 0.3) is 0 Å². The Kier molecular flexibility index (Phi) is 22.6. The van der Waals surface area contributed by atoms with Gasteiger partial charge in [0, 0.05) is 0 Å². The summed E-state index contributed by atoms with van der Waals surface area (Å²) in [5.41, 5.74) is 0. The van der Waals surface area contributed by atoms with Crippen LogP contribution in [-0.4, -0.2) is 70.9 Å². The fourth-order valence-corrected chi connectivity index (χ4v) is 7.04. The molecule has 0 saturated heterocycles. The molecular formula is C29H54F10N2O4S2. The van der Waals surface area contributed by atoms with Crippen molar-refractivity contribution >= 4 is 20.0 Å². The van der Waals surface area contributed by atoms with Crippen LogP contribution in [0.2, 0.25) is 0 Å². The highest BCUT2D eigenvalue weighted by Gasteiger charge is 2.68. The Balaban J connectivity index is 0. The number of quaternary nitrogens is 1. The number of sulfonamides is 2. The predicted molar refractivity (Wildman–Crippen MR) is 164 cm³/mol. The van der Waals surface area contributed by atoms with E-state index < -0.39 is 42.9 Å². The lowest BCUT2D eigenvalue weighted by molar-refractivity contribution is -0.910. The van der Waals surface area contributed by atoms with Crippen molar-refractivity contribution in [2.24, 2.45) is 0 Å². The van der Waals surface area contributed by atoms with Crippen molar-refractivity contribution in [1.82, 2.24) is 0 Å². The third-order valence-corrected chi connectivity index (χ3v) is 11.0. The van der Waals surface area contributed by atoms with E-state index in [1.807, 2.05) is 0 Å². The van der Waals surface area contributed by atoms with Crippen molar-refractivity contribution in [3.63, 3.8) is 0 Å². The summed E-state index contributed by atoms with van der Waals surface area (Å²) in [6.45, 7) is 11.2. The van der Waals surface area contributed by atoms with Crippen LogP contribution in [0.15, 0.2) is 0 Å². The average Bonchev–Trinajstić information content (AvgIpc) is 2.93. The van der Waals surface area contributed by atoms with Gasteiger partial charge in [0.15, 0.2) is 20.0 Å². The summed E-state index contributed by atoms with van der Waals surface area (Å²) in [4.78, 5) is 0. The van der Waals surface area contributed by atoms with E-state index >= 15 is 0 Å². The first-order chi connectivity index (χ1) is 21.4. The molecule has 286 valence electrons. The zero-order chi connectivity index (χ0) is 37.1. The maximum absolute atomic E-state index is 12.3. The van der Waals surface area contributed by atoms with Crippen molar-refractivity contribution < 1.29 is 65.2 Å². The molecular weight excluding hydrogens is 694 g/mol. The second-order valence-electron chi connectivity index (χ2n) is 12.1. The smallest absolute Gasteiger partial charge is 0.425 e. The van der Waals surface area contributed by atoms with E-state index in [0.717, 1.165) is 0 Å². The zero-order valence-corrected chi connectivity index (χ0v) is 29.6. The highest BCUT2D eigenvalue weighted by Crippen LogP contribution is 2.47. The van der Waals surface area contributed by atoms with Crippen LogP contribution < -0.4 is 0 Å². The molecule has 0 aliphatic carbocycles. The largest absolute Gasteiger partial charge is 0.467 e. The third kappa shape index (κ3) is 18.1. The molecule has 0 aromatic carbocycles. The summed E-state index contributed by atoms with van der Waals surface area (Å²) in [6.07, 6.45) is 11.9. The van der Waals surface area contributed by atoms with Crippen LogP contribution in [0.1, 0.15) is 136 Å². The van der Waals surface area contributed by atoms with E-state index in [1.54, 1.807) is 0 Å². The Bertz CT molecular complexity index is 942. The molecule has 0 spiro atoms. The van der Waals surface area contributed by atoms with Crippen molar-refractivity contribution in [3.05, 3.63) is 4.13 Å². The number of hydrogen-bond donors (Lipinski definition) is 0. The molecule has 0 atom stereocenters. The van der Waals surface area contributed by atoms with E-state index in [0.29, 0.717) is 4.13 Å². The second-order valence-corrected chi connectivity index (χ2v) is 15.7. The van der Waals surface area contributed by atoms with Crippen LogP contribution in [0.3, 0.4) is 0 Å². The third-order valence-electron chi connectivity index (χ3n) is 7.66. The summed E-state index contributed by atoms with van der Waals surface area (Å²) in [5, 5.41) is -14.0. The summed E-state index contributed by atoms with van der Waals surface area (Å²) in [7, 11) is -12.7. The van der Waals surface area contributed by atoms with Crippen molar-refractivity contribution in [1.29, 1.82) is 0 Å². The summed E-state index contributed by atoms with van der Waals surface area (Å²) in [6, 6.07) is 0.